The molecule has 1 fully saturated rings. The molecule has 1 saturated carbocycles. The molecule has 2 atom stereocenters. The van der Waals surface area contributed by atoms with Crippen molar-refractivity contribution in [2.24, 2.45) is 11.7 Å². The Balaban J connectivity index is 1.91. The van der Waals surface area contributed by atoms with Crippen LogP contribution < -0.4 is 5.73 Å². The molecular formula is C10H17FN2. The SMILES string of the molecule is NCC1CCC1N1CCC=C(F)C1. The van der Waals surface area contributed by atoms with Gasteiger partial charge in [-0.1, -0.05) is 6.08 Å². The third kappa shape index (κ3) is 1.76. The average molecular weight is 184 g/mol. The summed E-state index contributed by atoms with van der Waals surface area (Å²) in [6, 6.07) is 0.560. The molecule has 0 aromatic rings. The van der Waals surface area contributed by atoms with E-state index in [1.165, 1.54) is 12.8 Å². The molecule has 2 nitrogen and oxygen atoms in total. The van der Waals surface area contributed by atoms with E-state index in [-0.39, 0.29) is 5.83 Å². The lowest BCUT2D eigenvalue weighted by molar-refractivity contribution is 0.0668. The number of nitrogens with two attached hydrogens (primary N) is 1. The molecule has 2 rings (SSSR count). The highest BCUT2D eigenvalue weighted by molar-refractivity contribution is 5.03. The molecule has 0 saturated heterocycles. The minimum Gasteiger partial charge on any atom is -0.330 e. The van der Waals surface area contributed by atoms with Crippen molar-refractivity contribution in [2.75, 3.05) is 19.6 Å². The van der Waals surface area contributed by atoms with E-state index >= 15 is 0 Å². The van der Waals surface area contributed by atoms with Crippen LogP contribution in [0, 0.1) is 5.92 Å². The molecule has 1 heterocycles. The Morgan fingerprint density at radius 2 is 2.38 bits per heavy atom. The first-order valence-corrected chi connectivity index (χ1v) is 5.10. The van der Waals surface area contributed by atoms with Crippen molar-refractivity contribution >= 4 is 0 Å². The van der Waals surface area contributed by atoms with Gasteiger partial charge in [-0.15, -0.1) is 0 Å². The number of halogens is 1. The van der Waals surface area contributed by atoms with Gasteiger partial charge in [-0.3, -0.25) is 4.90 Å². The van der Waals surface area contributed by atoms with E-state index in [4.69, 9.17) is 5.73 Å². The van der Waals surface area contributed by atoms with E-state index in [1.807, 2.05) is 0 Å². The molecule has 1 aliphatic heterocycles. The van der Waals surface area contributed by atoms with Gasteiger partial charge in [0.05, 0.1) is 6.54 Å². The molecule has 0 spiro atoms. The summed E-state index contributed by atoms with van der Waals surface area (Å²) in [6.45, 7) is 2.28. The summed E-state index contributed by atoms with van der Waals surface area (Å²) in [7, 11) is 0. The standard InChI is InChI=1S/C10H17FN2/c11-9-2-1-5-13(7-9)10-4-3-8(10)6-12/h2,8,10H,1,3-7,12H2. The molecule has 2 unspecified atom stereocenters. The van der Waals surface area contributed by atoms with Gasteiger partial charge in [-0.2, -0.15) is 0 Å². The maximum Gasteiger partial charge on any atom is 0.110 e. The van der Waals surface area contributed by atoms with Crippen LogP contribution in [0.25, 0.3) is 0 Å². The van der Waals surface area contributed by atoms with Crippen molar-refractivity contribution in [3.63, 3.8) is 0 Å². The second kappa shape index (κ2) is 3.76. The fraction of sp³-hybridized carbons (Fsp3) is 0.800. The normalized spacial score (nSPS) is 35.4. The van der Waals surface area contributed by atoms with Crippen molar-refractivity contribution < 1.29 is 4.39 Å². The van der Waals surface area contributed by atoms with E-state index in [2.05, 4.69) is 4.90 Å². The van der Waals surface area contributed by atoms with Gasteiger partial charge in [-0.05, 0) is 31.7 Å². The van der Waals surface area contributed by atoms with Gasteiger partial charge in [0.1, 0.15) is 5.83 Å². The zero-order chi connectivity index (χ0) is 9.26. The molecule has 0 amide bonds. The molecule has 0 aromatic heterocycles. The van der Waals surface area contributed by atoms with Crippen molar-refractivity contribution in [1.29, 1.82) is 0 Å². The molecule has 13 heavy (non-hydrogen) atoms. The Kier molecular flexibility index (Phi) is 2.65. The molecule has 2 N–H and O–H groups in total. The highest BCUT2D eigenvalue weighted by Crippen LogP contribution is 2.32. The van der Waals surface area contributed by atoms with E-state index < -0.39 is 0 Å². The Morgan fingerprint density at radius 1 is 1.54 bits per heavy atom. The fourth-order valence-electron chi connectivity index (χ4n) is 2.31. The van der Waals surface area contributed by atoms with Crippen LogP contribution in [0.4, 0.5) is 4.39 Å². The second-order valence-electron chi connectivity index (χ2n) is 4.05. The molecule has 74 valence electrons. The van der Waals surface area contributed by atoms with Crippen molar-refractivity contribution in [3.05, 3.63) is 11.9 Å². The highest BCUT2D eigenvalue weighted by atomic mass is 19.1. The molecule has 0 bridgehead atoms. The van der Waals surface area contributed by atoms with Crippen LogP contribution in [-0.2, 0) is 0 Å². The Morgan fingerprint density at radius 3 is 2.92 bits per heavy atom. The average Bonchev–Trinajstić information content (AvgIpc) is 2.03. The zero-order valence-electron chi connectivity index (χ0n) is 7.88. The molecule has 0 aromatic carbocycles. The predicted molar refractivity (Wildman–Crippen MR) is 50.9 cm³/mol. The first-order valence-electron chi connectivity index (χ1n) is 5.10. The quantitative estimate of drug-likeness (QED) is 0.700. The predicted octanol–water partition coefficient (Wildman–Crippen LogP) is 1.28. The van der Waals surface area contributed by atoms with Gasteiger partial charge >= 0.3 is 0 Å². The van der Waals surface area contributed by atoms with Gasteiger partial charge in [-0.25, -0.2) is 4.39 Å². The lowest BCUT2D eigenvalue weighted by Crippen LogP contribution is -2.51. The fourth-order valence-corrected chi connectivity index (χ4v) is 2.31. The van der Waals surface area contributed by atoms with E-state index in [1.54, 1.807) is 6.08 Å². The Labute approximate surface area is 78.6 Å². The number of rotatable bonds is 2. The summed E-state index contributed by atoms with van der Waals surface area (Å²) >= 11 is 0. The van der Waals surface area contributed by atoms with Crippen LogP contribution >= 0.6 is 0 Å². The minimum atomic E-state index is 0.0360. The number of hydrogen-bond acceptors (Lipinski definition) is 2. The molecule has 0 radical (unpaired) electrons. The molecule has 3 heteroatoms. The van der Waals surface area contributed by atoms with Crippen LogP contribution in [0.3, 0.4) is 0 Å². The van der Waals surface area contributed by atoms with Crippen LogP contribution in [0.5, 0.6) is 0 Å². The summed E-state index contributed by atoms with van der Waals surface area (Å²) in [5, 5.41) is 0. The zero-order valence-corrected chi connectivity index (χ0v) is 7.88. The van der Waals surface area contributed by atoms with Crippen molar-refractivity contribution in [1.82, 2.24) is 4.90 Å². The van der Waals surface area contributed by atoms with Crippen LogP contribution in [0.1, 0.15) is 19.3 Å². The maximum absolute atomic E-state index is 13.0. The van der Waals surface area contributed by atoms with E-state index in [0.29, 0.717) is 18.5 Å². The topological polar surface area (TPSA) is 29.3 Å². The third-order valence-corrected chi connectivity index (χ3v) is 3.29. The smallest absolute Gasteiger partial charge is 0.110 e. The first kappa shape index (κ1) is 9.16. The van der Waals surface area contributed by atoms with E-state index in [9.17, 15) is 4.39 Å². The van der Waals surface area contributed by atoms with Crippen LogP contribution in [0.15, 0.2) is 11.9 Å². The summed E-state index contributed by atoms with van der Waals surface area (Å²) in [5.41, 5.74) is 5.63. The summed E-state index contributed by atoms with van der Waals surface area (Å²) < 4.78 is 13.0. The Hall–Kier alpha value is -0.410. The van der Waals surface area contributed by atoms with Gasteiger partial charge in [0.15, 0.2) is 0 Å². The van der Waals surface area contributed by atoms with Crippen LogP contribution in [0.2, 0.25) is 0 Å². The number of hydrogen-bond donors (Lipinski definition) is 1. The summed E-state index contributed by atoms with van der Waals surface area (Å²) in [5.74, 6) is 0.653. The lowest BCUT2D eigenvalue weighted by Gasteiger charge is -2.44. The Bertz CT molecular complexity index is 213. The first-order chi connectivity index (χ1) is 6.31. The second-order valence-corrected chi connectivity index (χ2v) is 4.05. The molecule has 2 aliphatic rings. The summed E-state index contributed by atoms with van der Waals surface area (Å²) in [4.78, 5) is 2.25. The monoisotopic (exact) mass is 184 g/mol. The highest BCUT2D eigenvalue weighted by Gasteiger charge is 2.35. The van der Waals surface area contributed by atoms with Gasteiger partial charge in [0.25, 0.3) is 0 Å². The van der Waals surface area contributed by atoms with Crippen molar-refractivity contribution in [3.8, 4) is 0 Å². The maximum atomic E-state index is 13.0. The lowest BCUT2D eigenvalue weighted by atomic mass is 9.78. The van der Waals surface area contributed by atoms with Gasteiger partial charge < -0.3 is 5.73 Å². The van der Waals surface area contributed by atoms with Crippen LogP contribution in [-0.4, -0.2) is 30.6 Å². The largest absolute Gasteiger partial charge is 0.330 e. The summed E-state index contributed by atoms with van der Waals surface area (Å²) in [6.07, 6.45) is 4.99. The number of nitrogens with zero attached hydrogens (tertiary/aromatic N) is 1. The van der Waals surface area contributed by atoms with E-state index in [0.717, 1.165) is 19.5 Å². The molecule has 1 aliphatic carbocycles. The minimum absolute atomic E-state index is 0.0360. The van der Waals surface area contributed by atoms with Gasteiger partial charge in [0, 0.05) is 12.6 Å². The third-order valence-electron chi connectivity index (χ3n) is 3.29. The molecular weight excluding hydrogens is 167 g/mol. The van der Waals surface area contributed by atoms with Crippen molar-refractivity contribution in [2.45, 2.75) is 25.3 Å². The van der Waals surface area contributed by atoms with Gasteiger partial charge in [0.2, 0.25) is 0 Å².